The van der Waals surface area contributed by atoms with E-state index in [-0.39, 0.29) is 23.2 Å². The number of likely N-dealkylation sites (tertiary alicyclic amines) is 1. The molecule has 0 spiro atoms. The number of carboxylic acid groups (broad SMARTS) is 1. The van der Waals surface area contributed by atoms with Crippen molar-refractivity contribution in [3.63, 3.8) is 0 Å². The fourth-order valence-corrected chi connectivity index (χ4v) is 4.35. The number of hydrogen-bond donors (Lipinski definition) is 2. The summed E-state index contributed by atoms with van der Waals surface area (Å²) < 4.78 is 5.25. The molecule has 1 aliphatic carbocycles. The lowest BCUT2D eigenvalue weighted by Crippen LogP contribution is -2.58. The molecule has 0 aromatic heterocycles. The number of benzene rings is 1. The highest BCUT2D eigenvalue weighted by atomic mass is 16.6. The molecular weight excluding hydrogens is 360 g/mol. The second-order valence-electron chi connectivity index (χ2n) is 9.37. The lowest BCUT2D eigenvalue weighted by molar-refractivity contribution is -0.152. The molecule has 1 aromatic rings. The number of amides is 2. The smallest absolute Gasteiger partial charge is 0.413 e. The molecule has 0 bridgehead atoms. The van der Waals surface area contributed by atoms with Crippen LogP contribution in [0.15, 0.2) is 30.3 Å². The monoisotopic (exact) mass is 388 g/mol. The first kappa shape index (κ1) is 20.2. The van der Waals surface area contributed by atoms with Crippen molar-refractivity contribution >= 4 is 18.0 Å². The van der Waals surface area contributed by atoms with Gasteiger partial charge in [-0.2, -0.15) is 0 Å². The van der Waals surface area contributed by atoms with Gasteiger partial charge in [0.2, 0.25) is 5.91 Å². The van der Waals surface area contributed by atoms with Crippen molar-refractivity contribution in [3.05, 3.63) is 30.3 Å². The molecular formula is C21H28N2O5. The van der Waals surface area contributed by atoms with E-state index in [9.17, 15) is 19.5 Å². The van der Waals surface area contributed by atoms with Crippen molar-refractivity contribution in [2.45, 2.75) is 46.7 Å². The van der Waals surface area contributed by atoms with Crippen LogP contribution >= 0.6 is 0 Å². The Morgan fingerprint density at radius 2 is 1.82 bits per heavy atom. The van der Waals surface area contributed by atoms with Crippen LogP contribution in [0.1, 0.15) is 34.6 Å². The Balaban J connectivity index is 1.76. The molecule has 1 saturated carbocycles. The Bertz CT molecular complexity index is 784. The van der Waals surface area contributed by atoms with Crippen LogP contribution < -0.4 is 10.1 Å². The molecule has 0 unspecified atom stereocenters. The summed E-state index contributed by atoms with van der Waals surface area (Å²) in [5.41, 5.74) is -0.686. The lowest BCUT2D eigenvalue weighted by Gasteiger charge is -2.36. The number of para-hydroxylation sites is 1. The van der Waals surface area contributed by atoms with Gasteiger partial charge in [-0.25, -0.2) is 9.59 Å². The second-order valence-corrected chi connectivity index (χ2v) is 9.37. The Kier molecular flexibility index (Phi) is 4.89. The van der Waals surface area contributed by atoms with Gasteiger partial charge in [0, 0.05) is 12.5 Å². The molecule has 152 valence electrons. The van der Waals surface area contributed by atoms with E-state index in [1.54, 1.807) is 30.3 Å². The highest BCUT2D eigenvalue weighted by Crippen LogP contribution is 2.65. The lowest BCUT2D eigenvalue weighted by atomic mass is 9.85. The first-order chi connectivity index (χ1) is 12.9. The minimum absolute atomic E-state index is 0.0501. The van der Waals surface area contributed by atoms with E-state index < -0.39 is 29.6 Å². The highest BCUT2D eigenvalue weighted by Gasteiger charge is 2.70. The number of nitrogens with one attached hydrogen (secondary N) is 1. The molecule has 7 nitrogen and oxygen atoms in total. The molecule has 2 fully saturated rings. The quantitative estimate of drug-likeness (QED) is 0.827. The van der Waals surface area contributed by atoms with Crippen LogP contribution in [0.3, 0.4) is 0 Å². The van der Waals surface area contributed by atoms with E-state index in [0.717, 1.165) is 0 Å². The molecule has 4 atom stereocenters. The predicted octanol–water partition coefficient (Wildman–Crippen LogP) is 2.76. The Hall–Kier alpha value is -2.57. The number of aliphatic carboxylic acids is 1. The average Bonchev–Trinajstić information content (AvgIpc) is 2.95. The average molecular weight is 388 g/mol. The van der Waals surface area contributed by atoms with E-state index in [2.05, 4.69) is 5.32 Å². The zero-order valence-corrected chi connectivity index (χ0v) is 16.9. The standard InChI is InChI=1S/C21H28N2O5/c1-20(2,3)16(22-19(27)28-12-9-7-6-8-10-12)17(24)23-11-13-14(21(13,4)5)15(23)18(25)26/h6-10,13-16H,11H2,1-5H3,(H,22,27)(H,25,26)/t13-,14-,15-,16+/m0/s1. The van der Waals surface area contributed by atoms with Crippen LogP contribution in [-0.2, 0) is 9.59 Å². The Labute approximate surface area is 165 Å². The zero-order chi connectivity index (χ0) is 20.9. The van der Waals surface area contributed by atoms with Crippen LogP contribution in [0, 0.1) is 22.7 Å². The van der Waals surface area contributed by atoms with Gasteiger partial charge in [-0.3, -0.25) is 4.79 Å². The van der Waals surface area contributed by atoms with Crippen molar-refractivity contribution in [3.8, 4) is 5.75 Å². The van der Waals surface area contributed by atoms with Crippen molar-refractivity contribution < 1.29 is 24.2 Å². The number of piperidine rings is 1. The summed E-state index contributed by atoms with van der Waals surface area (Å²) in [5, 5.41) is 12.4. The number of rotatable bonds is 4. The fourth-order valence-electron chi connectivity index (χ4n) is 4.35. The molecule has 1 heterocycles. The third-order valence-corrected chi connectivity index (χ3v) is 6.07. The molecule has 1 saturated heterocycles. The number of carbonyl (C=O) groups excluding carboxylic acids is 2. The van der Waals surface area contributed by atoms with Crippen molar-refractivity contribution in [1.29, 1.82) is 0 Å². The zero-order valence-electron chi connectivity index (χ0n) is 16.9. The van der Waals surface area contributed by atoms with E-state index in [1.807, 2.05) is 34.6 Å². The minimum Gasteiger partial charge on any atom is -0.480 e. The molecule has 3 rings (SSSR count). The van der Waals surface area contributed by atoms with E-state index >= 15 is 0 Å². The highest BCUT2D eigenvalue weighted by molar-refractivity contribution is 5.91. The molecule has 1 aromatic carbocycles. The van der Waals surface area contributed by atoms with Gasteiger partial charge in [0.25, 0.3) is 0 Å². The normalized spacial score (nSPS) is 26.2. The number of nitrogens with zero attached hydrogens (tertiary/aromatic N) is 1. The third-order valence-electron chi connectivity index (χ3n) is 6.07. The number of ether oxygens (including phenoxy) is 1. The maximum absolute atomic E-state index is 13.3. The molecule has 2 N–H and O–H groups in total. The molecule has 2 aliphatic rings. The number of carboxylic acids is 1. The first-order valence-electron chi connectivity index (χ1n) is 9.51. The van der Waals surface area contributed by atoms with Crippen LogP contribution in [0.4, 0.5) is 4.79 Å². The van der Waals surface area contributed by atoms with Gasteiger partial charge in [0.15, 0.2) is 0 Å². The van der Waals surface area contributed by atoms with Crippen molar-refractivity contribution in [2.24, 2.45) is 22.7 Å². The Morgan fingerprint density at radius 3 is 2.36 bits per heavy atom. The first-order valence-corrected chi connectivity index (χ1v) is 9.51. The Morgan fingerprint density at radius 1 is 1.21 bits per heavy atom. The largest absolute Gasteiger partial charge is 0.480 e. The van der Waals surface area contributed by atoms with E-state index in [4.69, 9.17) is 4.74 Å². The van der Waals surface area contributed by atoms with Crippen LogP contribution in [0.5, 0.6) is 5.75 Å². The summed E-state index contributed by atoms with van der Waals surface area (Å²) in [6.45, 7) is 9.96. The summed E-state index contributed by atoms with van der Waals surface area (Å²) in [7, 11) is 0. The predicted molar refractivity (Wildman–Crippen MR) is 103 cm³/mol. The molecule has 0 radical (unpaired) electrons. The van der Waals surface area contributed by atoms with Crippen LogP contribution in [-0.4, -0.2) is 46.6 Å². The molecule has 2 amide bonds. The van der Waals surface area contributed by atoms with Crippen molar-refractivity contribution in [1.82, 2.24) is 10.2 Å². The van der Waals surface area contributed by atoms with Crippen LogP contribution in [0.2, 0.25) is 0 Å². The van der Waals surface area contributed by atoms with Gasteiger partial charge in [-0.05, 0) is 28.9 Å². The van der Waals surface area contributed by atoms with Crippen molar-refractivity contribution in [2.75, 3.05) is 6.54 Å². The second kappa shape index (κ2) is 6.79. The van der Waals surface area contributed by atoms with E-state index in [1.165, 1.54) is 4.90 Å². The van der Waals surface area contributed by atoms with Gasteiger partial charge in [0.1, 0.15) is 17.8 Å². The van der Waals surface area contributed by atoms with Gasteiger partial charge < -0.3 is 20.1 Å². The van der Waals surface area contributed by atoms with Gasteiger partial charge >= 0.3 is 12.1 Å². The van der Waals surface area contributed by atoms with Crippen LogP contribution in [0.25, 0.3) is 0 Å². The van der Waals surface area contributed by atoms with Gasteiger partial charge in [-0.1, -0.05) is 52.8 Å². The third kappa shape index (κ3) is 3.57. The van der Waals surface area contributed by atoms with E-state index in [0.29, 0.717) is 12.3 Å². The SMILES string of the molecule is CC(C)(C)[C@H](NC(=O)Oc1ccccc1)C(=O)N1C[C@H]2[C@@H]([C@H]1C(=O)O)C2(C)C. The van der Waals surface area contributed by atoms with Gasteiger partial charge in [-0.15, -0.1) is 0 Å². The summed E-state index contributed by atoms with van der Waals surface area (Å²) in [6, 6.07) is 6.82. The fraction of sp³-hybridized carbons (Fsp3) is 0.571. The van der Waals surface area contributed by atoms with Gasteiger partial charge in [0.05, 0.1) is 0 Å². The summed E-state index contributed by atoms with van der Waals surface area (Å²) in [4.78, 5) is 38.9. The number of hydrogen-bond acceptors (Lipinski definition) is 4. The molecule has 7 heteroatoms. The minimum atomic E-state index is -0.994. The maximum Gasteiger partial charge on any atom is 0.413 e. The molecule has 1 aliphatic heterocycles. The molecule has 28 heavy (non-hydrogen) atoms. The number of carbonyl (C=O) groups is 3. The number of fused-ring (bicyclic) bond motifs is 1. The summed E-state index contributed by atoms with van der Waals surface area (Å²) >= 11 is 0. The topological polar surface area (TPSA) is 95.9 Å². The maximum atomic E-state index is 13.3. The summed E-state index contributed by atoms with van der Waals surface area (Å²) in [5.74, 6) is -0.883. The summed E-state index contributed by atoms with van der Waals surface area (Å²) in [6.07, 6.45) is -0.740.